The lowest BCUT2D eigenvalue weighted by Gasteiger charge is -2.42. The maximum atomic E-state index is 2.60. The second kappa shape index (κ2) is 11.1. The van der Waals surface area contributed by atoms with Crippen LogP contribution in [0, 0.1) is 0 Å². The third kappa shape index (κ3) is 6.53. The van der Waals surface area contributed by atoms with Crippen LogP contribution in [0.5, 0.6) is 0 Å². The molecule has 0 aromatic heterocycles. The SMILES string of the molecule is c1ccc(CCN2CN(CCc3ccccc3)CN(CCc3ccccc3)C2)cc1. The van der Waals surface area contributed by atoms with Crippen molar-refractivity contribution in [2.24, 2.45) is 0 Å². The van der Waals surface area contributed by atoms with Gasteiger partial charge in [0.2, 0.25) is 0 Å². The third-order valence-corrected chi connectivity index (χ3v) is 5.88. The first-order chi connectivity index (χ1) is 14.8. The Hall–Kier alpha value is -2.46. The van der Waals surface area contributed by atoms with Crippen molar-refractivity contribution in [1.82, 2.24) is 14.7 Å². The van der Waals surface area contributed by atoms with E-state index in [4.69, 9.17) is 0 Å². The van der Waals surface area contributed by atoms with Gasteiger partial charge in [0.25, 0.3) is 0 Å². The minimum Gasteiger partial charge on any atom is -0.277 e. The highest BCUT2D eigenvalue weighted by molar-refractivity contribution is 5.16. The van der Waals surface area contributed by atoms with Crippen LogP contribution in [0.15, 0.2) is 91.0 Å². The first kappa shape index (κ1) is 20.8. The Balaban J connectivity index is 1.34. The summed E-state index contributed by atoms with van der Waals surface area (Å²) >= 11 is 0. The molecule has 0 bridgehead atoms. The monoisotopic (exact) mass is 399 g/mol. The van der Waals surface area contributed by atoms with Crippen molar-refractivity contribution in [3.8, 4) is 0 Å². The minimum atomic E-state index is 1.06. The van der Waals surface area contributed by atoms with Crippen LogP contribution in [0.25, 0.3) is 0 Å². The van der Waals surface area contributed by atoms with Crippen LogP contribution in [0.1, 0.15) is 16.7 Å². The maximum absolute atomic E-state index is 2.60. The van der Waals surface area contributed by atoms with E-state index in [1.54, 1.807) is 0 Å². The van der Waals surface area contributed by atoms with Crippen LogP contribution in [-0.4, -0.2) is 54.3 Å². The summed E-state index contributed by atoms with van der Waals surface area (Å²) in [5.41, 5.74) is 4.28. The number of rotatable bonds is 9. The summed E-state index contributed by atoms with van der Waals surface area (Å²) in [6.45, 7) is 6.49. The third-order valence-electron chi connectivity index (χ3n) is 5.88. The molecule has 0 amide bonds. The largest absolute Gasteiger partial charge is 0.277 e. The molecular weight excluding hydrogens is 366 g/mol. The molecule has 0 aliphatic carbocycles. The molecule has 1 saturated heterocycles. The number of hydrogen-bond acceptors (Lipinski definition) is 3. The first-order valence-corrected chi connectivity index (χ1v) is 11.1. The molecule has 0 spiro atoms. The van der Waals surface area contributed by atoms with Crippen molar-refractivity contribution in [3.63, 3.8) is 0 Å². The van der Waals surface area contributed by atoms with Crippen molar-refractivity contribution < 1.29 is 0 Å². The second-order valence-electron chi connectivity index (χ2n) is 8.31. The van der Waals surface area contributed by atoms with Gasteiger partial charge in [-0.3, -0.25) is 14.7 Å². The van der Waals surface area contributed by atoms with Gasteiger partial charge in [0, 0.05) is 19.6 Å². The fourth-order valence-corrected chi connectivity index (χ4v) is 4.20. The fraction of sp³-hybridized carbons (Fsp3) is 0.333. The lowest BCUT2D eigenvalue weighted by molar-refractivity contribution is -0.0275. The van der Waals surface area contributed by atoms with E-state index in [-0.39, 0.29) is 0 Å². The summed E-state index contributed by atoms with van der Waals surface area (Å²) in [5, 5.41) is 0. The average Bonchev–Trinajstić information content (AvgIpc) is 2.82. The molecule has 1 fully saturated rings. The van der Waals surface area contributed by atoms with E-state index in [0.717, 1.165) is 58.9 Å². The van der Waals surface area contributed by atoms with Gasteiger partial charge in [-0.15, -0.1) is 0 Å². The van der Waals surface area contributed by atoms with Gasteiger partial charge in [0.05, 0.1) is 20.0 Å². The van der Waals surface area contributed by atoms with Crippen molar-refractivity contribution >= 4 is 0 Å². The van der Waals surface area contributed by atoms with Crippen molar-refractivity contribution in [2.45, 2.75) is 19.3 Å². The Morgan fingerprint density at radius 1 is 0.400 bits per heavy atom. The van der Waals surface area contributed by atoms with Crippen LogP contribution in [-0.2, 0) is 19.3 Å². The lowest BCUT2D eigenvalue weighted by Crippen LogP contribution is -2.55. The summed E-state index contributed by atoms with van der Waals surface area (Å²) in [4.78, 5) is 7.81. The standard InChI is InChI=1S/C27H33N3/c1-4-10-25(11-5-1)16-19-28-22-29(20-17-26-12-6-2-7-13-26)24-30(23-28)21-18-27-14-8-3-9-15-27/h1-15H,16-24H2. The molecule has 0 N–H and O–H groups in total. The fourth-order valence-electron chi connectivity index (χ4n) is 4.20. The van der Waals surface area contributed by atoms with Gasteiger partial charge in [-0.25, -0.2) is 0 Å². The van der Waals surface area contributed by atoms with E-state index in [0.29, 0.717) is 0 Å². The highest BCUT2D eigenvalue weighted by Gasteiger charge is 2.22. The Bertz CT molecular complexity index is 727. The molecule has 0 radical (unpaired) electrons. The Kier molecular flexibility index (Phi) is 7.68. The Morgan fingerprint density at radius 2 is 0.667 bits per heavy atom. The smallest absolute Gasteiger partial charge is 0.0530 e. The molecule has 156 valence electrons. The summed E-state index contributed by atoms with van der Waals surface area (Å²) in [6.07, 6.45) is 3.33. The summed E-state index contributed by atoms with van der Waals surface area (Å²) in [5.74, 6) is 0. The molecule has 1 aliphatic heterocycles. The Labute approximate surface area is 181 Å². The molecule has 1 heterocycles. The van der Waals surface area contributed by atoms with Crippen molar-refractivity contribution in [2.75, 3.05) is 39.6 Å². The maximum Gasteiger partial charge on any atom is 0.0530 e. The molecular formula is C27H33N3. The lowest BCUT2D eigenvalue weighted by atomic mass is 10.1. The zero-order chi connectivity index (χ0) is 20.4. The van der Waals surface area contributed by atoms with E-state index in [2.05, 4.69) is 106 Å². The molecule has 3 nitrogen and oxygen atoms in total. The van der Waals surface area contributed by atoms with Crippen LogP contribution in [0.3, 0.4) is 0 Å². The summed E-state index contributed by atoms with van der Waals surface area (Å²) in [7, 11) is 0. The summed E-state index contributed by atoms with van der Waals surface area (Å²) in [6, 6.07) is 32.6. The first-order valence-electron chi connectivity index (χ1n) is 11.1. The van der Waals surface area contributed by atoms with Gasteiger partial charge in [0.15, 0.2) is 0 Å². The van der Waals surface area contributed by atoms with Gasteiger partial charge in [0.1, 0.15) is 0 Å². The molecule has 3 aromatic carbocycles. The molecule has 3 aromatic rings. The molecule has 0 atom stereocenters. The number of nitrogens with zero attached hydrogens (tertiary/aromatic N) is 3. The van der Waals surface area contributed by atoms with Crippen LogP contribution < -0.4 is 0 Å². The molecule has 30 heavy (non-hydrogen) atoms. The van der Waals surface area contributed by atoms with Gasteiger partial charge < -0.3 is 0 Å². The van der Waals surface area contributed by atoms with Gasteiger partial charge in [-0.2, -0.15) is 0 Å². The molecule has 3 heteroatoms. The van der Waals surface area contributed by atoms with Crippen LogP contribution in [0.2, 0.25) is 0 Å². The highest BCUT2D eigenvalue weighted by Crippen LogP contribution is 2.12. The van der Waals surface area contributed by atoms with Crippen LogP contribution in [0.4, 0.5) is 0 Å². The second-order valence-corrected chi connectivity index (χ2v) is 8.31. The molecule has 1 aliphatic rings. The quantitative estimate of drug-likeness (QED) is 0.524. The molecule has 4 rings (SSSR count). The minimum absolute atomic E-state index is 1.06. The van der Waals surface area contributed by atoms with Crippen molar-refractivity contribution in [1.29, 1.82) is 0 Å². The number of hydrogen-bond donors (Lipinski definition) is 0. The van der Waals surface area contributed by atoms with Crippen molar-refractivity contribution in [3.05, 3.63) is 108 Å². The normalized spacial score (nSPS) is 16.0. The Morgan fingerprint density at radius 3 is 0.933 bits per heavy atom. The van der Waals surface area contributed by atoms with E-state index >= 15 is 0 Å². The highest BCUT2D eigenvalue weighted by atomic mass is 15.5. The average molecular weight is 400 g/mol. The van der Waals surface area contributed by atoms with E-state index < -0.39 is 0 Å². The van der Waals surface area contributed by atoms with Crippen LogP contribution >= 0.6 is 0 Å². The van der Waals surface area contributed by atoms with Gasteiger partial charge >= 0.3 is 0 Å². The predicted octanol–water partition coefficient (Wildman–Crippen LogP) is 4.51. The topological polar surface area (TPSA) is 9.72 Å². The summed E-state index contributed by atoms with van der Waals surface area (Å²) < 4.78 is 0. The zero-order valence-electron chi connectivity index (χ0n) is 17.9. The van der Waals surface area contributed by atoms with E-state index in [1.165, 1.54) is 16.7 Å². The molecule has 0 unspecified atom stereocenters. The van der Waals surface area contributed by atoms with Gasteiger partial charge in [-0.1, -0.05) is 91.0 Å². The number of benzene rings is 3. The van der Waals surface area contributed by atoms with Gasteiger partial charge in [-0.05, 0) is 36.0 Å². The van der Waals surface area contributed by atoms with E-state index in [9.17, 15) is 0 Å². The molecule has 0 saturated carbocycles. The zero-order valence-corrected chi connectivity index (χ0v) is 17.9. The van der Waals surface area contributed by atoms with E-state index in [1.807, 2.05) is 0 Å². The predicted molar refractivity (Wildman–Crippen MR) is 125 cm³/mol.